The monoisotopic (exact) mass is 262 g/mol. The normalized spacial score (nSPS) is 13.2. The number of rotatable bonds is 2. The molecule has 2 aromatic rings. The topological polar surface area (TPSA) is 48.1 Å². The van der Waals surface area contributed by atoms with E-state index in [1.165, 1.54) is 6.20 Å². The van der Waals surface area contributed by atoms with Crippen LogP contribution in [-0.4, -0.2) is 11.6 Å². The lowest BCUT2D eigenvalue weighted by Gasteiger charge is -2.09. The molecule has 1 aliphatic rings. The second kappa shape index (κ2) is 4.59. The number of fused-ring (bicyclic) bond motifs is 1. The van der Waals surface area contributed by atoms with Crippen molar-refractivity contribution in [2.24, 2.45) is 5.14 Å². The molecule has 0 atom stereocenters. The van der Waals surface area contributed by atoms with Gasteiger partial charge in [0.05, 0.1) is 11.5 Å². The number of ether oxygens (including phenoxy) is 1. The van der Waals surface area contributed by atoms with E-state index < -0.39 is 5.95 Å². The Labute approximate surface area is 108 Å². The standard InChI is InChI=1S/C13H11FN2OS/c14-13-10(2-1-4-16-13)9-6-8-3-5-17-12(8)11(7-9)18-15/h1-2,4,6-7H,3,5,15H2. The van der Waals surface area contributed by atoms with Gasteiger partial charge in [-0.25, -0.2) is 4.98 Å². The summed E-state index contributed by atoms with van der Waals surface area (Å²) in [5, 5.41) is 5.64. The zero-order valence-corrected chi connectivity index (χ0v) is 10.3. The molecule has 3 nitrogen and oxygen atoms in total. The minimum atomic E-state index is -0.468. The molecule has 0 aliphatic carbocycles. The van der Waals surface area contributed by atoms with Crippen LogP contribution >= 0.6 is 11.9 Å². The van der Waals surface area contributed by atoms with Gasteiger partial charge >= 0.3 is 0 Å². The second-order valence-electron chi connectivity index (χ2n) is 4.02. The molecule has 1 aliphatic heterocycles. The summed E-state index contributed by atoms with van der Waals surface area (Å²) < 4.78 is 19.2. The maximum absolute atomic E-state index is 13.7. The fourth-order valence-corrected chi connectivity index (χ4v) is 2.61. The molecular formula is C13H11FN2OS. The van der Waals surface area contributed by atoms with E-state index >= 15 is 0 Å². The van der Waals surface area contributed by atoms with E-state index in [0.29, 0.717) is 12.2 Å². The van der Waals surface area contributed by atoms with Gasteiger partial charge in [-0.3, -0.25) is 5.14 Å². The van der Waals surface area contributed by atoms with Gasteiger partial charge in [-0.2, -0.15) is 4.39 Å². The van der Waals surface area contributed by atoms with E-state index in [1.54, 1.807) is 12.1 Å². The average Bonchev–Trinajstić information content (AvgIpc) is 2.86. The Balaban J connectivity index is 2.17. The molecule has 5 heteroatoms. The SMILES string of the molecule is NSc1cc(-c2cccnc2F)cc2c1OCC2. The third-order valence-electron chi connectivity index (χ3n) is 2.95. The Hall–Kier alpha value is -1.59. The molecule has 2 N–H and O–H groups in total. The molecule has 0 saturated carbocycles. The first-order valence-electron chi connectivity index (χ1n) is 5.57. The molecule has 0 spiro atoms. The van der Waals surface area contributed by atoms with Gasteiger partial charge in [-0.1, -0.05) is 0 Å². The number of pyridine rings is 1. The predicted octanol–water partition coefficient (Wildman–Crippen LogP) is 2.79. The van der Waals surface area contributed by atoms with Gasteiger partial charge in [0.15, 0.2) is 0 Å². The first-order chi connectivity index (χ1) is 8.79. The van der Waals surface area contributed by atoms with Crippen molar-refractivity contribution in [3.05, 3.63) is 42.0 Å². The van der Waals surface area contributed by atoms with Gasteiger partial charge in [0.2, 0.25) is 5.95 Å². The number of nitrogens with two attached hydrogens (primary N) is 1. The molecule has 0 radical (unpaired) electrons. The zero-order chi connectivity index (χ0) is 12.5. The zero-order valence-electron chi connectivity index (χ0n) is 9.52. The van der Waals surface area contributed by atoms with Crippen LogP contribution in [0.2, 0.25) is 0 Å². The number of nitrogens with zero attached hydrogens (tertiary/aromatic N) is 1. The molecule has 1 aromatic heterocycles. The van der Waals surface area contributed by atoms with Crippen LogP contribution in [0.25, 0.3) is 11.1 Å². The van der Waals surface area contributed by atoms with Gasteiger partial charge in [0.1, 0.15) is 5.75 Å². The molecule has 3 rings (SSSR count). The summed E-state index contributed by atoms with van der Waals surface area (Å²) in [6, 6.07) is 7.22. The molecule has 0 saturated heterocycles. The highest BCUT2D eigenvalue weighted by atomic mass is 32.2. The van der Waals surface area contributed by atoms with Crippen molar-refractivity contribution in [3.63, 3.8) is 0 Å². The average molecular weight is 262 g/mol. The van der Waals surface area contributed by atoms with Crippen molar-refractivity contribution in [2.75, 3.05) is 6.61 Å². The van der Waals surface area contributed by atoms with Crippen LogP contribution in [-0.2, 0) is 6.42 Å². The van der Waals surface area contributed by atoms with Crippen LogP contribution in [0.15, 0.2) is 35.4 Å². The number of aromatic nitrogens is 1. The van der Waals surface area contributed by atoms with Crippen molar-refractivity contribution in [1.29, 1.82) is 0 Å². The lowest BCUT2D eigenvalue weighted by atomic mass is 10.0. The molecule has 1 aromatic carbocycles. The minimum absolute atomic E-state index is 0.468. The fourth-order valence-electron chi connectivity index (χ4n) is 2.12. The van der Waals surface area contributed by atoms with Gasteiger partial charge < -0.3 is 4.74 Å². The number of benzene rings is 1. The Kier molecular flexibility index (Phi) is 2.93. The summed E-state index contributed by atoms with van der Waals surface area (Å²) in [7, 11) is 0. The molecule has 0 bridgehead atoms. The van der Waals surface area contributed by atoms with Crippen molar-refractivity contribution < 1.29 is 9.13 Å². The molecule has 0 fully saturated rings. The third kappa shape index (κ3) is 1.85. The molecule has 0 unspecified atom stereocenters. The van der Waals surface area contributed by atoms with Crippen LogP contribution in [0.4, 0.5) is 4.39 Å². The summed E-state index contributed by atoms with van der Waals surface area (Å²) >= 11 is 1.12. The highest BCUT2D eigenvalue weighted by Crippen LogP contribution is 2.38. The van der Waals surface area contributed by atoms with Crippen molar-refractivity contribution >= 4 is 11.9 Å². The summed E-state index contributed by atoms with van der Waals surface area (Å²) in [6.45, 7) is 0.655. The molecule has 0 amide bonds. The molecule has 2 heterocycles. The van der Waals surface area contributed by atoms with E-state index in [-0.39, 0.29) is 0 Å². The summed E-state index contributed by atoms with van der Waals surface area (Å²) in [4.78, 5) is 4.50. The van der Waals surface area contributed by atoms with E-state index in [2.05, 4.69) is 4.98 Å². The molecular weight excluding hydrogens is 251 g/mol. The first-order valence-corrected chi connectivity index (χ1v) is 6.45. The maximum Gasteiger partial charge on any atom is 0.220 e. The van der Waals surface area contributed by atoms with Crippen LogP contribution in [0, 0.1) is 5.95 Å². The lowest BCUT2D eigenvalue weighted by Crippen LogP contribution is -1.92. The Bertz CT molecular complexity index is 604. The fraction of sp³-hybridized carbons (Fsp3) is 0.154. The quantitative estimate of drug-likeness (QED) is 0.668. The predicted molar refractivity (Wildman–Crippen MR) is 68.9 cm³/mol. The van der Waals surface area contributed by atoms with Gasteiger partial charge in [0, 0.05) is 18.2 Å². The largest absolute Gasteiger partial charge is 0.492 e. The number of hydrogen-bond acceptors (Lipinski definition) is 4. The number of hydrogen-bond donors (Lipinski definition) is 1. The van der Waals surface area contributed by atoms with Crippen molar-refractivity contribution in [1.82, 2.24) is 4.98 Å². The van der Waals surface area contributed by atoms with E-state index in [0.717, 1.165) is 40.1 Å². The summed E-state index contributed by atoms with van der Waals surface area (Å²) in [6.07, 6.45) is 2.27. The molecule has 92 valence electrons. The van der Waals surface area contributed by atoms with Crippen molar-refractivity contribution in [3.8, 4) is 16.9 Å². The van der Waals surface area contributed by atoms with Crippen molar-refractivity contribution in [2.45, 2.75) is 11.3 Å². The van der Waals surface area contributed by atoms with Gasteiger partial charge in [0.25, 0.3) is 0 Å². The van der Waals surface area contributed by atoms with Gasteiger partial charge in [-0.05, 0) is 47.3 Å². The van der Waals surface area contributed by atoms with E-state index in [4.69, 9.17) is 9.88 Å². The lowest BCUT2D eigenvalue weighted by molar-refractivity contribution is 0.350. The highest BCUT2D eigenvalue weighted by Gasteiger charge is 2.19. The summed E-state index contributed by atoms with van der Waals surface area (Å²) in [5.74, 6) is 0.361. The second-order valence-corrected chi connectivity index (χ2v) is 4.70. The smallest absolute Gasteiger partial charge is 0.220 e. The Morgan fingerprint density at radius 3 is 3.06 bits per heavy atom. The van der Waals surface area contributed by atoms with E-state index in [9.17, 15) is 4.39 Å². The van der Waals surface area contributed by atoms with Crippen LogP contribution in [0.3, 0.4) is 0 Å². The summed E-state index contributed by atoms with van der Waals surface area (Å²) in [5.41, 5.74) is 2.35. The van der Waals surface area contributed by atoms with E-state index in [1.807, 2.05) is 12.1 Å². The Morgan fingerprint density at radius 2 is 2.28 bits per heavy atom. The van der Waals surface area contributed by atoms with Crippen LogP contribution in [0.1, 0.15) is 5.56 Å². The highest BCUT2D eigenvalue weighted by molar-refractivity contribution is 7.97. The maximum atomic E-state index is 13.7. The van der Waals surface area contributed by atoms with Crippen LogP contribution in [0.5, 0.6) is 5.75 Å². The Morgan fingerprint density at radius 1 is 1.39 bits per heavy atom. The third-order valence-corrected chi connectivity index (χ3v) is 3.50. The molecule has 18 heavy (non-hydrogen) atoms. The number of halogens is 1. The minimum Gasteiger partial charge on any atom is -0.492 e. The van der Waals surface area contributed by atoms with Gasteiger partial charge in [-0.15, -0.1) is 0 Å². The first kappa shape index (κ1) is 11.5. The van der Waals surface area contributed by atoms with Crippen LogP contribution < -0.4 is 9.88 Å².